The second kappa shape index (κ2) is 7.78. The van der Waals surface area contributed by atoms with Crippen LogP contribution >= 0.6 is 11.6 Å². The molecule has 0 saturated carbocycles. The number of benzene rings is 2. The summed E-state index contributed by atoms with van der Waals surface area (Å²) in [7, 11) is 1.47. The van der Waals surface area contributed by atoms with Crippen molar-refractivity contribution in [1.82, 2.24) is 9.88 Å². The summed E-state index contributed by atoms with van der Waals surface area (Å²) in [6, 6.07) is 10.4. The third-order valence-corrected chi connectivity index (χ3v) is 6.25. The minimum atomic E-state index is -1.72. The van der Waals surface area contributed by atoms with Gasteiger partial charge in [0.1, 0.15) is 17.6 Å². The van der Waals surface area contributed by atoms with Crippen molar-refractivity contribution in [1.29, 1.82) is 5.26 Å². The molecular formula is C24H16ClF2N5O2. The highest BCUT2D eigenvalue weighted by Gasteiger charge is 2.50. The second-order valence-corrected chi connectivity index (χ2v) is 8.39. The van der Waals surface area contributed by atoms with Gasteiger partial charge in [-0.2, -0.15) is 9.65 Å². The Morgan fingerprint density at radius 2 is 2.00 bits per heavy atom. The number of amides is 1. The van der Waals surface area contributed by atoms with E-state index in [2.05, 4.69) is 16.0 Å². The van der Waals surface area contributed by atoms with Crippen LogP contribution in [0.4, 0.5) is 8.78 Å². The molecule has 1 atom stereocenters. The predicted molar refractivity (Wildman–Crippen MR) is 120 cm³/mol. The van der Waals surface area contributed by atoms with E-state index >= 15 is 0 Å². The fourth-order valence-corrected chi connectivity index (χ4v) is 4.51. The number of halogens is 3. The summed E-state index contributed by atoms with van der Waals surface area (Å²) in [6.45, 7) is 0.404. The molecule has 0 fully saturated rings. The maximum Gasteiger partial charge on any atom is 0.266 e. The van der Waals surface area contributed by atoms with Crippen molar-refractivity contribution < 1.29 is 18.3 Å². The van der Waals surface area contributed by atoms with Crippen LogP contribution < -0.4 is 10.5 Å². The zero-order valence-corrected chi connectivity index (χ0v) is 18.5. The third-order valence-electron chi connectivity index (χ3n) is 6.04. The normalized spacial score (nSPS) is 19.0. The van der Waals surface area contributed by atoms with Crippen molar-refractivity contribution in [3.8, 4) is 22.9 Å². The van der Waals surface area contributed by atoms with Crippen LogP contribution in [0.5, 0.6) is 5.75 Å². The number of nitriles is 1. The first-order chi connectivity index (χ1) is 16.3. The Balaban J connectivity index is 1.80. The molecule has 1 unspecified atom stereocenters. The monoisotopic (exact) mass is 479 g/mol. The SMILES string of the molecule is CN1C(=O)C(c2cc(C#N)c3c(c2)CCO3)(c2ccc(F)c(-c3cc(Cl)cnc3F)c2)N=C1N. The summed E-state index contributed by atoms with van der Waals surface area (Å²) in [5, 5.41) is 9.80. The van der Waals surface area contributed by atoms with Crippen molar-refractivity contribution >= 4 is 23.5 Å². The summed E-state index contributed by atoms with van der Waals surface area (Å²) in [5.41, 5.74) is 5.60. The van der Waals surface area contributed by atoms with E-state index in [1.54, 1.807) is 6.07 Å². The van der Waals surface area contributed by atoms with E-state index < -0.39 is 23.2 Å². The lowest BCUT2D eigenvalue weighted by Gasteiger charge is -2.27. The molecule has 0 radical (unpaired) electrons. The molecule has 34 heavy (non-hydrogen) atoms. The van der Waals surface area contributed by atoms with E-state index in [1.165, 1.54) is 36.2 Å². The number of carbonyl (C=O) groups excluding carboxylic acids is 1. The van der Waals surface area contributed by atoms with Crippen LogP contribution in [0.25, 0.3) is 11.1 Å². The Morgan fingerprint density at radius 1 is 1.21 bits per heavy atom. The third kappa shape index (κ3) is 3.10. The minimum absolute atomic E-state index is 0.0540. The molecule has 2 aliphatic rings. The molecule has 7 nitrogen and oxygen atoms in total. The van der Waals surface area contributed by atoms with E-state index in [0.29, 0.717) is 24.3 Å². The molecule has 3 aromatic rings. The van der Waals surface area contributed by atoms with Crippen molar-refractivity contribution in [2.75, 3.05) is 13.7 Å². The highest BCUT2D eigenvalue weighted by molar-refractivity contribution is 6.30. The number of guanidine groups is 1. The molecule has 5 rings (SSSR count). The summed E-state index contributed by atoms with van der Waals surface area (Å²) in [5.74, 6) is -1.76. The van der Waals surface area contributed by atoms with E-state index in [9.17, 15) is 18.8 Å². The van der Waals surface area contributed by atoms with Gasteiger partial charge >= 0.3 is 0 Å². The van der Waals surface area contributed by atoms with Crippen LogP contribution in [0.1, 0.15) is 22.3 Å². The molecule has 0 aliphatic carbocycles. The number of aliphatic imine (C=N–C) groups is 1. The second-order valence-electron chi connectivity index (χ2n) is 7.95. The van der Waals surface area contributed by atoms with Gasteiger partial charge in [-0.05, 0) is 47.0 Å². The van der Waals surface area contributed by atoms with Gasteiger partial charge in [0.05, 0.1) is 17.2 Å². The molecule has 2 aromatic carbocycles. The van der Waals surface area contributed by atoms with Gasteiger partial charge in [0.2, 0.25) is 5.95 Å². The fourth-order valence-electron chi connectivity index (χ4n) is 4.35. The lowest BCUT2D eigenvalue weighted by molar-refractivity contribution is -0.129. The largest absolute Gasteiger partial charge is 0.492 e. The lowest BCUT2D eigenvalue weighted by Crippen LogP contribution is -2.41. The number of aromatic nitrogens is 1. The maximum atomic E-state index is 14.9. The Bertz CT molecular complexity index is 1450. The average Bonchev–Trinajstić information content (AvgIpc) is 3.39. The number of ether oxygens (including phenoxy) is 1. The van der Waals surface area contributed by atoms with E-state index in [0.717, 1.165) is 17.8 Å². The van der Waals surface area contributed by atoms with Crippen LogP contribution in [0.2, 0.25) is 5.02 Å². The molecule has 10 heteroatoms. The summed E-state index contributed by atoms with van der Waals surface area (Å²) in [6.07, 6.45) is 1.66. The van der Waals surface area contributed by atoms with Crippen LogP contribution in [-0.2, 0) is 16.8 Å². The standard InChI is InChI=1S/C24H16ClF2N5O2/c1-32-22(33)24(31-23(32)29,15-6-12-4-5-34-20(12)13(7-15)10-28)14-2-3-19(26)17(8-14)18-9-16(25)11-30-21(18)27/h2-3,6-9,11H,4-5H2,1H3,(H2,29,31). The zero-order valence-electron chi connectivity index (χ0n) is 17.8. The Hall–Kier alpha value is -4.03. The number of likely N-dealkylation sites (N-methyl/N-ethyl adjacent to an activating group) is 1. The molecule has 0 bridgehead atoms. The van der Waals surface area contributed by atoms with Crippen molar-refractivity contribution in [3.05, 3.63) is 81.6 Å². The van der Waals surface area contributed by atoms with Gasteiger partial charge in [0.25, 0.3) is 5.91 Å². The van der Waals surface area contributed by atoms with Crippen molar-refractivity contribution in [3.63, 3.8) is 0 Å². The molecule has 2 aliphatic heterocycles. The van der Waals surface area contributed by atoms with E-state index in [1.807, 2.05) is 0 Å². The quantitative estimate of drug-likeness (QED) is 0.579. The van der Waals surface area contributed by atoms with Gasteiger partial charge in [0, 0.05) is 30.8 Å². The topological polar surface area (TPSA) is 105 Å². The van der Waals surface area contributed by atoms with Gasteiger partial charge in [-0.15, -0.1) is 0 Å². The lowest BCUT2D eigenvalue weighted by atomic mass is 9.80. The molecule has 3 heterocycles. The molecule has 0 spiro atoms. The zero-order chi connectivity index (χ0) is 24.2. The van der Waals surface area contributed by atoms with Gasteiger partial charge in [0.15, 0.2) is 11.5 Å². The number of hydrogen-bond donors (Lipinski definition) is 1. The van der Waals surface area contributed by atoms with Crippen LogP contribution in [0, 0.1) is 23.1 Å². The molecule has 0 saturated heterocycles. The summed E-state index contributed by atoms with van der Waals surface area (Å²) < 4.78 is 35.0. The Kier molecular flexibility index (Phi) is 4.99. The number of rotatable bonds is 3. The summed E-state index contributed by atoms with van der Waals surface area (Å²) >= 11 is 5.96. The van der Waals surface area contributed by atoms with Crippen LogP contribution in [0.3, 0.4) is 0 Å². The minimum Gasteiger partial charge on any atom is -0.492 e. The highest BCUT2D eigenvalue weighted by atomic mass is 35.5. The number of nitrogens with zero attached hydrogens (tertiary/aromatic N) is 4. The van der Waals surface area contributed by atoms with E-state index in [4.69, 9.17) is 22.1 Å². The number of hydrogen-bond acceptors (Lipinski definition) is 6. The highest BCUT2D eigenvalue weighted by Crippen LogP contribution is 2.44. The Morgan fingerprint density at radius 3 is 2.71 bits per heavy atom. The van der Waals surface area contributed by atoms with Crippen molar-refractivity contribution in [2.45, 2.75) is 12.0 Å². The van der Waals surface area contributed by atoms with Crippen LogP contribution in [-0.4, -0.2) is 35.4 Å². The molecule has 2 N–H and O–H groups in total. The van der Waals surface area contributed by atoms with Gasteiger partial charge in [-0.1, -0.05) is 17.7 Å². The molecule has 1 aromatic heterocycles. The maximum absolute atomic E-state index is 14.9. The van der Waals surface area contributed by atoms with Crippen LogP contribution in [0.15, 0.2) is 47.6 Å². The van der Waals surface area contributed by atoms with Gasteiger partial charge < -0.3 is 10.5 Å². The number of carbonyl (C=O) groups is 1. The first-order valence-electron chi connectivity index (χ1n) is 10.2. The smallest absolute Gasteiger partial charge is 0.266 e. The molecule has 170 valence electrons. The first kappa shape index (κ1) is 21.8. The van der Waals surface area contributed by atoms with Crippen molar-refractivity contribution in [2.24, 2.45) is 10.7 Å². The fraction of sp³-hybridized carbons (Fsp3) is 0.167. The van der Waals surface area contributed by atoms with Gasteiger partial charge in [-0.25, -0.2) is 14.4 Å². The first-order valence-corrected chi connectivity index (χ1v) is 10.6. The Labute approximate surface area is 198 Å². The molecule has 1 amide bonds. The average molecular weight is 480 g/mol. The number of nitrogens with two attached hydrogens (primary N) is 1. The number of fused-ring (bicyclic) bond motifs is 1. The predicted octanol–water partition coefficient (Wildman–Crippen LogP) is 3.52. The molecular weight excluding hydrogens is 464 g/mol. The number of pyridine rings is 1. The summed E-state index contributed by atoms with van der Waals surface area (Å²) in [4.78, 5) is 22.8. The van der Waals surface area contributed by atoms with E-state index in [-0.39, 0.29) is 33.2 Å². The van der Waals surface area contributed by atoms with Gasteiger partial charge in [-0.3, -0.25) is 9.69 Å².